The van der Waals surface area contributed by atoms with E-state index in [2.05, 4.69) is 11.9 Å². The Balaban J connectivity index is 2.65. The van der Waals surface area contributed by atoms with E-state index in [4.69, 9.17) is 14.2 Å². The van der Waals surface area contributed by atoms with Crippen LogP contribution in [0.3, 0.4) is 0 Å². The molecule has 0 fully saturated rings. The minimum Gasteiger partial charge on any atom is -0.497 e. The molecule has 0 bridgehead atoms. The topological polar surface area (TPSA) is 73.9 Å². The van der Waals surface area contributed by atoms with E-state index < -0.39 is 12.1 Å². The first-order valence-corrected chi connectivity index (χ1v) is 6.80. The zero-order valence-electron chi connectivity index (χ0n) is 13.0. The minimum atomic E-state index is -0.864. The summed E-state index contributed by atoms with van der Waals surface area (Å²) < 4.78 is 15.4. The second kappa shape index (κ2) is 8.71. The number of nitrogens with one attached hydrogen (secondary N) is 1. The summed E-state index contributed by atoms with van der Waals surface area (Å²) in [7, 11) is 3.06. The first-order chi connectivity index (χ1) is 10.5. The minimum absolute atomic E-state index is 0.00620. The highest BCUT2D eigenvalue weighted by Gasteiger charge is 2.18. The second-order valence-electron chi connectivity index (χ2n) is 4.52. The van der Waals surface area contributed by atoms with Crippen molar-refractivity contribution < 1.29 is 23.8 Å². The van der Waals surface area contributed by atoms with Crippen LogP contribution in [0.15, 0.2) is 30.9 Å². The maximum absolute atomic E-state index is 11.9. The van der Waals surface area contributed by atoms with Crippen LogP contribution in [0, 0.1) is 0 Å². The van der Waals surface area contributed by atoms with Crippen molar-refractivity contribution in [3.63, 3.8) is 0 Å². The van der Waals surface area contributed by atoms with E-state index in [9.17, 15) is 9.59 Å². The molecule has 22 heavy (non-hydrogen) atoms. The first-order valence-electron chi connectivity index (χ1n) is 6.80. The number of amides is 1. The summed E-state index contributed by atoms with van der Waals surface area (Å²) in [6.07, 6.45) is 0.692. The summed E-state index contributed by atoms with van der Waals surface area (Å²) in [6, 6.07) is 5.13. The van der Waals surface area contributed by atoms with Gasteiger partial charge in [0, 0.05) is 18.2 Å². The van der Waals surface area contributed by atoms with Crippen LogP contribution in [0.2, 0.25) is 0 Å². The lowest BCUT2D eigenvalue weighted by atomic mass is 10.1. The molecular formula is C16H21NO5. The van der Waals surface area contributed by atoms with E-state index in [1.807, 2.05) is 0 Å². The van der Waals surface area contributed by atoms with Crippen molar-refractivity contribution in [1.29, 1.82) is 0 Å². The van der Waals surface area contributed by atoms with Gasteiger partial charge in [0.05, 0.1) is 20.6 Å². The SMILES string of the molecule is C=CCNC(=O)[C@@H](C)OC(=O)Cc1ccc(OC)cc1OC. The molecule has 0 aliphatic rings. The van der Waals surface area contributed by atoms with Crippen molar-refractivity contribution in [3.8, 4) is 11.5 Å². The van der Waals surface area contributed by atoms with Crippen LogP contribution < -0.4 is 14.8 Å². The summed E-state index contributed by atoms with van der Waals surface area (Å²) in [6.45, 7) is 5.34. The van der Waals surface area contributed by atoms with Gasteiger partial charge in [-0.05, 0) is 13.0 Å². The molecule has 0 saturated carbocycles. The smallest absolute Gasteiger partial charge is 0.311 e. The van der Waals surface area contributed by atoms with E-state index in [1.165, 1.54) is 14.0 Å². The number of methoxy groups -OCH3 is 2. The average Bonchev–Trinajstić information content (AvgIpc) is 2.52. The zero-order valence-corrected chi connectivity index (χ0v) is 13.0. The number of hydrogen-bond acceptors (Lipinski definition) is 5. The third kappa shape index (κ3) is 5.12. The molecule has 1 aromatic rings. The van der Waals surface area contributed by atoms with Gasteiger partial charge in [0.1, 0.15) is 11.5 Å². The Morgan fingerprint density at radius 1 is 1.32 bits per heavy atom. The Morgan fingerprint density at radius 3 is 2.64 bits per heavy atom. The van der Waals surface area contributed by atoms with Crippen molar-refractivity contribution in [3.05, 3.63) is 36.4 Å². The Labute approximate surface area is 130 Å². The van der Waals surface area contributed by atoms with Crippen molar-refractivity contribution in [1.82, 2.24) is 5.32 Å². The summed E-state index contributed by atoms with van der Waals surface area (Å²) in [5.41, 5.74) is 0.659. The molecule has 0 heterocycles. The van der Waals surface area contributed by atoms with E-state index in [1.54, 1.807) is 31.4 Å². The van der Waals surface area contributed by atoms with Crippen LogP contribution in [0.5, 0.6) is 11.5 Å². The molecule has 0 aromatic heterocycles. The number of benzene rings is 1. The Kier molecular flexibility index (Phi) is 6.95. The molecule has 120 valence electrons. The molecule has 1 amide bonds. The van der Waals surface area contributed by atoms with Crippen LogP contribution in [0.4, 0.5) is 0 Å². The van der Waals surface area contributed by atoms with Gasteiger partial charge in [0.2, 0.25) is 0 Å². The van der Waals surface area contributed by atoms with Crippen LogP contribution >= 0.6 is 0 Å². The summed E-state index contributed by atoms with van der Waals surface area (Å²) in [5, 5.41) is 2.56. The molecule has 1 rings (SSSR count). The van der Waals surface area contributed by atoms with Crippen LogP contribution in [-0.2, 0) is 20.7 Å². The molecule has 6 nitrogen and oxygen atoms in total. The number of carbonyl (C=O) groups excluding carboxylic acids is 2. The zero-order chi connectivity index (χ0) is 16.5. The molecular weight excluding hydrogens is 286 g/mol. The van der Waals surface area contributed by atoms with Crippen molar-refractivity contribution in [2.75, 3.05) is 20.8 Å². The molecule has 0 unspecified atom stereocenters. The number of carbonyl (C=O) groups is 2. The van der Waals surface area contributed by atoms with Gasteiger partial charge in [-0.1, -0.05) is 12.1 Å². The van der Waals surface area contributed by atoms with E-state index in [0.717, 1.165) is 0 Å². The number of hydrogen-bond donors (Lipinski definition) is 1. The van der Waals surface area contributed by atoms with E-state index in [0.29, 0.717) is 23.6 Å². The molecule has 6 heteroatoms. The monoisotopic (exact) mass is 307 g/mol. The molecule has 0 spiro atoms. The average molecular weight is 307 g/mol. The fraction of sp³-hybridized carbons (Fsp3) is 0.375. The molecule has 1 N–H and O–H groups in total. The summed E-state index contributed by atoms with van der Waals surface area (Å²) in [5.74, 6) is 0.283. The Bertz CT molecular complexity index is 541. The van der Waals surface area contributed by atoms with Crippen LogP contribution in [0.1, 0.15) is 12.5 Å². The molecule has 0 aliphatic carbocycles. The fourth-order valence-corrected chi connectivity index (χ4v) is 1.76. The van der Waals surface area contributed by atoms with Crippen molar-refractivity contribution in [2.45, 2.75) is 19.4 Å². The number of rotatable bonds is 8. The lowest BCUT2D eigenvalue weighted by Gasteiger charge is -2.14. The fourth-order valence-electron chi connectivity index (χ4n) is 1.76. The molecule has 0 radical (unpaired) electrons. The lowest BCUT2D eigenvalue weighted by Crippen LogP contribution is -2.36. The number of esters is 1. The molecule has 0 saturated heterocycles. The first kappa shape index (κ1) is 17.6. The van der Waals surface area contributed by atoms with Crippen molar-refractivity contribution in [2.24, 2.45) is 0 Å². The maximum Gasteiger partial charge on any atom is 0.311 e. The second-order valence-corrected chi connectivity index (χ2v) is 4.52. The third-order valence-electron chi connectivity index (χ3n) is 2.93. The molecule has 1 atom stereocenters. The summed E-state index contributed by atoms with van der Waals surface area (Å²) >= 11 is 0. The largest absolute Gasteiger partial charge is 0.497 e. The number of ether oxygens (including phenoxy) is 3. The van der Waals surface area contributed by atoms with Gasteiger partial charge in [0.15, 0.2) is 6.10 Å². The highest BCUT2D eigenvalue weighted by molar-refractivity contribution is 5.84. The van der Waals surface area contributed by atoms with Gasteiger partial charge >= 0.3 is 5.97 Å². The predicted molar refractivity (Wildman–Crippen MR) is 82.0 cm³/mol. The highest BCUT2D eigenvalue weighted by Crippen LogP contribution is 2.25. The molecule has 1 aromatic carbocycles. The van der Waals surface area contributed by atoms with Gasteiger partial charge in [-0.25, -0.2) is 0 Å². The predicted octanol–water partition coefficient (Wildman–Crippen LogP) is 1.48. The van der Waals surface area contributed by atoms with Crippen LogP contribution in [-0.4, -0.2) is 38.7 Å². The van der Waals surface area contributed by atoms with Gasteiger partial charge in [0.25, 0.3) is 5.91 Å². The quantitative estimate of drug-likeness (QED) is 0.582. The van der Waals surface area contributed by atoms with Gasteiger partial charge in [-0.2, -0.15) is 0 Å². The Hall–Kier alpha value is -2.50. The highest BCUT2D eigenvalue weighted by atomic mass is 16.5. The van der Waals surface area contributed by atoms with Crippen LogP contribution in [0.25, 0.3) is 0 Å². The van der Waals surface area contributed by atoms with Gasteiger partial charge in [-0.15, -0.1) is 6.58 Å². The van der Waals surface area contributed by atoms with E-state index >= 15 is 0 Å². The van der Waals surface area contributed by atoms with Gasteiger partial charge < -0.3 is 19.5 Å². The summed E-state index contributed by atoms with van der Waals surface area (Å²) in [4.78, 5) is 23.5. The Morgan fingerprint density at radius 2 is 2.05 bits per heavy atom. The third-order valence-corrected chi connectivity index (χ3v) is 2.93. The van der Waals surface area contributed by atoms with E-state index in [-0.39, 0.29) is 12.3 Å². The molecule has 0 aliphatic heterocycles. The lowest BCUT2D eigenvalue weighted by molar-refractivity contribution is -0.154. The normalized spacial score (nSPS) is 11.2. The van der Waals surface area contributed by atoms with Gasteiger partial charge in [-0.3, -0.25) is 9.59 Å². The van der Waals surface area contributed by atoms with Crippen molar-refractivity contribution >= 4 is 11.9 Å². The maximum atomic E-state index is 11.9. The standard InChI is InChI=1S/C16H21NO5/c1-5-8-17-16(19)11(2)22-15(18)9-12-6-7-13(20-3)10-14(12)21-4/h5-7,10-11H,1,8-9H2,2-4H3,(H,17,19)/t11-/m1/s1.